The summed E-state index contributed by atoms with van der Waals surface area (Å²) in [6, 6.07) is 14.1. The topological polar surface area (TPSA) is 138 Å². The van der Waals surface area contributed by atoms with Crippen LogP contribution in [0.1, 0.15) is 20.8 Å². The van der Waals surface area contributed by atoms with Crippen molar-refractivity contribution in [1.82, 2.24) is 4.98 Å². The van der Waals surface area contributed by atoms with Gasteiger partial charge in [0.2, 0.25) is 12.0 Å². The lowest BCUT2D eigenvalue weighted by molar-refractivity contribution is -0.181. The number of carbonyl (C=O) groups excluding carboxylic acids is 4. The van der Waals surface area contributed by atoms with Gasteiger partial charge in [-0.15, -0.1) is 6.42 Å². The van der Waals surface area contributed by atoms with Crippen LogP contribution in [0.15, 0.2) is 48.5 Å². The Hall–Kier alpha value is -4.23. The summed E-state index contributed by atoms with van der Waals surface area (Å²) in [6.07, 6.45) is -1.18. The van der Waals surface area contributed by atoms with Crippen LogP contribution in [0.5, 0.6) is 5.88 Å². The fourth-order valence-electron chi connectivity index (χ4n) is 2.42. The Morgan fingerprint density at radius 3 is 1.88 bits per heavy atom. The molecule has 178 valence electrons. The van der Waals surface area contributed by atoms with Crippen molar-refractivity contribution in [2.24, 2.45) is 0 Å². The number of rotatable bonds is 9. The van der Waals surface area contributed by atoms with Crippen molar-refractivity contribution in [3.63, 3.8) is 0 Å². The molecule has 2 aromatic rings. The molecule has 0 saturated heterocycles. The van der Waals surface area contributed by atoms with E-state index in [0.717, 1.165) is 12.5 Å². The number of esters is 4. The molecule has 0 saturated carbocycles. The van der Waals surface area contributed by atoms with Gasteiger partial charge in [-0.2, -0.15) is 0 Å². The quantitative estimate of drug-likeness (QED) is 0.326. The van der Waals surface area contributed by atoms with Crippen LogP contribution in [0.2, 0.25) is 0 Å². The number of hydrogen-bond acceptors (Lipinski definition) is 10. The van der Waals surface area contributed by atoms with Crippen molar-refractivity contribution in [2.75, 3.05) is 0 Å². The molecule has 0 aliphatic heterocycles. The predicted molar refractivity (Wildman–Crippen MR) is 117 cm³/mol. The highest BCUT2D eigenvalue weighted by Gasteiger charge is 2.29. The Balaban J connectivity index is 1.89. The van der Waals surface area contributed by atoms with Gasteiger partial charge in [0, 0.05) is 11.6 Å². The van der Waals surface area contributed by atoms with Crippen molar-refractivity contribution in [1.29, 1.82) is 0 Å². The molecule has 0 fully saturated rings. The van der Waals surface area contributed by atoms with Crippen molar-refractivity contribution in [3.8, 4) is 29.5 Å². The Morgan fingerprint density at radius 1 is 0.794 bits per heavy atom. The van der Waals surface area contributed by atoms with Crippen LogP contribution in [0.25, 0.3) is 11.3 Å². The molecule has 0 bridgehead atoms. The van der Waals surface area contributed by atoms with E-state index in [4.69, 9.17) is 20.6 Å². The Bertz CT molecular complexity index is 1080. The van der Waals surface area contributed by atoms with Crippen LogP contribution in [0.3, 0.4) is 0 Å². The van der Waals surface area contributed by atoms with E-state index in [9.17, 15) is 24.3 Å². The minimum Gasteiger partial charge on any atom is -0.448 e. The van der Waals surface area contributed by atoms with Crippen LogP contribution in [0.4, 0.5) is 0 Å². The summed E-state index contributed by atoms with van der Waals surface area (Å²) in [5.41, 5.74) is 1.41. The zero-order valence-electron chi connectivity index (χ0n) is 18.7. The van der Waals surface area contributed by atoms with Gasteiger partial charge >= 0.3 is 23.9 Å². The first-order valence-electron chi connectivity index (χ1n) is 10.1. The van der Waals surface area contributed by atoms with Crippen molar-refractivity contribution in [3.05, 3.63) is 48.5 Å². The van der Waals surface area contributed by atoms with Gasteiger partial charge in [0.1, 0.15) is 0 Å². The number of nitrogens with zero attached hydrogens (tertiary/aromatic N) is 1. The summed E-state index contributed by atoms with van der Waals surface area (Å²) in [7, 11) is 0. The fourth-order valence-corrected chi connectivity index (χ4v) is 2.42. The number of hydrogen-bond donors (Lipinski definition) is 1. The maximum Gasteiger partial charge on any atom is 0.353 e. The summed E-state index contributed by atoms with van der Waals surface area (Å²) in [6.45, 7) is 3.65. The lowest BCUT2D eigenvalue weighted by Crippen LogP contribution is -2.37. The van der Waals surface area contributed by atoms with Crippen molar-refractivity contribution >= 4 is 23.9 Å². The lowest BCUT2D eigenvalue weighted by Gasteiger charge is -2.18. The zero-order valence-corrected chi connectivity index (χ0v) is 18.7. The zero-order chi connectivity index (χ0) is 25.3. The summed E-state index contributed by atoms with van der Waals surface area (Å²) in [5.74, 6) is -2.48. The number of pyridine rings is 1. The molecule has 2 rings (SSSR count). The Morgan fingerprint density at radius 2 is 1.32 bits per heavy atom. The molecule has 34 heavy (non-hydrogen) atoms. The molecule has 0 amide bonds. The van der Waals surface area contributed by atoms with Crippen LogP contribution < -0.4 is 4.74 Å². The first kappa shape index (κ1) is 26.0. The minimum atomic E-state index is -1.84. The van der Waals surface area contributed by atoms with E-state index in [0.29, 0.717) is 5.69 Å². The van der Waals surface area contributed by atoms with Gasteiger partial charge in [-0.25, -0.2) is 24.2 Å². The molecule has 1 aromatic heterocycles. The normalized spacial score (nSPS) is 13.9. The van der Waals surface area contributed by atoms with Gasteiger partial charge in [0.25, 0.3) is 0 Å². The molecule has 1 aromatic carbocycles. The number of aliphatic hydroxyl groups excluding tert-OH is 1. The van der Waals surface area contributed by atoms with E-state index in [-0.39, 0.29) is 5.88 Å². The second kappa shape index (κ2) is 12.1. The molecular formula is C24H23NO9. The number of ether oxygens (including phenoxy) is 4. The molecule has 0 aliphatic carbocycles. The lowest BCUT2D eigenvalue weighted by atomic mass is 10.1. The summed E-state index contributed by atoms with van der Waals surface area (Å²) in [5, 5.41) is 9.17. The second-order valence-electron chi connectivity index (χ2n) is 6.95. The van der Waals surface area contributed by atoms with Gasteiger partial charge in [-0.1, -0.05) is 42.3 Å². The highest BCUT2D eigenvalue weighted by atomic mass is 16.6. The van der Waals surface area contributed by atoms with Crippen LogP contribution in [0, 0.1) is 12.3 Å². The molecule has 1 heterocycles. The van der Waals surface area contributed by atoms with E-state index in [1.54, 1.807) is 18.1 Å². The first-order valence-corrected chi connectivity index (χ1v) is 10.1. The molecule has 10 heteroatoms. The third-order valence-corrected chi connectivity index (χ3v) is 4.25. The third kappa shape index (κ3) is 7.43. The molecule has 10 nitrogen and oxygen atoms in total. The standard InChI is InChI=1S/C24H23NO9/c1-5-19(26)24(30)33-15(3)22(28)31-14(2)21(27)32-16(4)23(29)34-20-13-9-12-18(25-20)17-10-7-6-8-11-17/h1,6-16,19,26H,2-4H3/t14-,15-,16-,19-/m0/s1. The van der Waals surface area contributed by atoms with Crippen LogP contribution in [-0.4, -0.2) is 58.4 Å². The highest BCUT2D eigenvalue weighted by molar-refractivity contribution is 5.86. The molecule has 0 radical (unpaired) electrons. The average Bonchev–Trinajstić information content (AvgIpc) is 2.83. The van der Waals surface area contributed by atoms with Gasteiger partial charge in [0.05, 0.1) is 5.69 Å². The number of benzene rings is 1. The monoisotopic (exact) mass is 469 g/mol. The summed E-state index contributed by atoms with van der Waals surface area (Å²) in [4.78, 5) is 52.1. The molecule has 0 unspecified atom stereocenters. The first-order chi connectivity index (χ1) is 16.1. The SMILES string of the molecule is C#C[C@H](O)C(=O)O[C@@H](C)C(=O)O[C@@H](C)C(=O)O[C@@H](C)C(=O)Oc1cccc(-c2ccccc2)n1. The molecule has 0 aliphatic rings. The van der Waals surface area contributed by atoms with Crippen LogP contribution in [-0.2, 0) is 33.4 Å². The number of aliphatic hydroxyl groups is 1. The third-order valence-electron chi connectivity index (χ3n) is 4.25. The molecule has 1 N–H and O–H groups in total. The number of carbonyl (C=O) groups is 4. The molecule has 0 spiro atoms. The van der Waals surface area contributed by atoms with Gasteiger partial charge in [-0.3, -0.25) is 0 Å². The Labute approximate surface area is 195 Å². The summed E-state index contributed by atoms with van der Waals surface area (Å²) >= 11 is 0. The maximum absolute atomic E-state index is 12.3. The molecular weight excluding hydrogens is 446 g/mol. The molecule has 4 atom stereocenters. The minimum absolute atomic E-state index is 0.0125. The number of aromatic nitrogens is 1. The predicted octanol–water partition coefficient (Wildman–Crippen LogP) is 1.44. The number of terminal acetylenes is 1. The average molecular weight is 469 g/mol. The second-order valence-corrected chi connectivity index (χ2v) is 6.95. The van der Waals surface area contributed by atoms with E-state index < -0.39 is 48.3 Å². The smallest absolute Gasteiger partial charge is 0.353 e. The summed E-state index contributed by atoms with van der Waals surface area (Å²) < 4.78 is 19.7. The van der Waals surface area contributed by atoms with Gasteiger partial charge < -0.3 is 24.1 Å². The van der Waals surface area contributed by atoms with Crippen molar-refractivity contribution < 1.29 is 43.2 Å². The van der Waals surface area contributed by atoms with Gasteiger partial charge in [0.15, 0.2) is 18.3 Å². The van der Waals surface area contributed by atoms with E-state index in [1.807, 2.05) is 30.3 Å². The fraction of sp³-hybridized carbons (Fsp3) is 0.292. The largest absolute Gasteiger partial charge is 0.448 e. The van der Waals surface area contributed by atoms with Crippen molar-refractivity contribution in [2.45, 2.75) is 45.2 Å². The van der Waals surface area contributed by atoms with E-state index in [1.165, 1.54) is 19.9 Å². The van der Waals surface area contributed by atoms with E-state index in [2.05, 4.69) is 9.72 Å². The van der Waals surface area contributed by atoms with Crippen LogP contribution >= 0.6 is 0 Å². The maximum atomic E-state index is 12.3. The van der Waals surface area contributed by atoms with E-state index >= 15 is 0 Å². The Kier molecular flexibility index (Phi) is 9.28. The highest BCUT2D eigenvalue weighted by Crippen LogP contribution is 2.19. The van der Waals surface area contributed by atoms with Gasteiger partial charge in [-0.05, 0) is 26.8 Å².